The van der Waals surface area contributed by atoms with Gasteiger partial charge in [-0.25, -0.2) is 0 Å². The zero-order valence-corrected chi connectivity index (χ0v) is 16.5. The van der Waals surface area contributed by atoms with Gasteiger partial charge in [0.1, 0.15) is 0 Å². The number of hydrogen-bond acceptors (Lipinski definition) is 1. The molecule has 0 heterocycles. The first-order valence-electron chi connectivity index (χ1n) is 7.45. The van der Waals surface area contributed by atoms with Crippen molar-refractivity contribution >= 4 is 29.9 Å². The molecule has 0 amide bonds. The van der Waals surface area contributed by atoms with Crippen molar-refractivity contribution in [2.45, 2.75) is 53.0 Å². The van der Waals surface area contributed by atoms with Gasteiger partial charge in [0.25, 0.3) is 0 Å². The summed E-state index contributed by atoms with van der Waals surface area (Å²) in [7, 11) is 0. The van der Waals surface area contributed by atoms with Crippen LogP contribution >= 0.6 is 24.0 Å². The second kappa shape index (κ2) is 9.28. The molecule has 0 bridgehead atoms. The van der Waals surface area contributed by atoms with E-state index in [2.05, 4.69) is 76.4 Å². The Kier molecular flexibility index (Phi) is 8.94. The number of aryl methyl sites for hydroxylation is 1. The first-order chi connectivity index (χ1) is 9.31. The highest BCUT2D eigenvalue weighted by atomic mass is 127. The molecule has 1 aromatic carbocycles. The van der Waals surface area contributed by atoms with E-state index in [9.17, 15) is 0 Å². The topological polar surface area (TPSA) is 36.4 Å². The van der Waals surface area contributed by atoms with Gasteiger partial charge in [0.15, 0.2) is 5.96 Å². The third-order valence-electron chi connectivity index (χ3n) is 2.97. The Balaban J connectivity index is 0.00000400. The fraction of sp³-hybridized carbons (Fsp3) is 0.588. The van der Waals surface area contributed by atoms with Crippen LogP contribution in [0, 0.1) is 6.92 Å². The zero-order chi connectivity index (χ0) is 15.2. The minimum atomic E-state index is 0. The molecule has 3 nitrogen and oxygen atoms in total. The van der Waals surface area contributed by atoms with E-state index in [-0.39, 0.29) is 29.5 Å². The van der Waals surface area contributed by atoms with E-state index < -0.39 is 0 Å². The first kappa shape index (κ1) is 20.2. The SMILES string of the molecule is CCNC(=NCC(C)c1cccc(C)c1)NC(C)(C)C.I. The average molecular weight is 403 g/mol. The molecule has 0 saturated heterocycles. The van der Waals surface area contributed by atoms with E-state index in [1.807, 2.05) is 0 Å². The zero-order valence-electron chi connectivity index (χ0n) is 14.2. The monoisotopic (exact) mass is 403 g/mol. The van der Waals surface area contributed by atoms with Gasteiger partial charge in [0.2, 0.25) is 0 Å². The van der Waals surface area contributed by atoms with Crippen LogP contribution in [0.4, 0.5) is 0 Å². The number of hydrogen-bond donors (Lipinski definition) is 2. The molecule has 0 aliphatic heterocycles. The van der Waals surface area contributed by atoms with Crippen LogP contribution in [0.5, 0.6) is 0 Å². The average Bonchev–Trinajstić information content (AvgIpc) is 2.34. The lowest BCUT2D eigenvalue weighted by atomic mass is 10.00. The Morgan fingerprint density at radius 1 is 1.29 bits per heavy atom. The van der Waals surface area contributed by atoms with Gasteiger partial charge in [0.05, 0.1) is 0 Å². The molecule has 0 aliphatic rings. The van der Waals surface area contributed by atoms with Crippen molar-refractivity contribution in [3.63, 3.8) is 0 Å². The van der Waals surface area contributed by atoms with Crippen molar-refractivity contribution in [2.24, 2.45) is 4.99 Å². The van der Waals surface area contributed by atoms with E-state index in [4.69, 9.17) is 4.99 Å². The second-order valence-electron chi connectivity index (χ2n) is 6.41. The Morgan fingerprint density at radius 2 is 1.95 bits per heavy atom. The molecule has 0 spiro atoms. The summed E-state index contributed by atoms with van der Waals surface area (Å²) in [4.78, 5) is 4.70. The van der Waals surface area contributed by atoms with Crippen LogP contribution in [0.25, 0.3) is 0 Å². The molecule has 0 saturated carbocycles. The molecule has 0 aliphatic carbocycles. The van der Waals surface area contributed by atoms with Crippen LogP contribution in [0.1, 0.15) is 51.7 Å². The van der Waals surface area contributed by atoms with Crippen molar-refractivity contribution in [3.05, 3.63) is 35.4 Å². The highest BCUT2D eigenvalue weighted by molar-refractivity contribution is 14.0. The summed E-state index contributed by atoms with van der Waals surface area (Å²) in [6.45, 7) is 14.5. The first-order valence-corrected chi connectivity index (χ1v) is 7.45. The summed E-state index contributed by atoms with van der Waals surface area (Å²) < 4.78 is 0. The summed E-state index contributed by atoms with van der Waals surface area (Å²) in [6.07, 6.45) is 0. The number of nitrogens with one attached hydrogen (secondary N) is 2. The molecule has 21 heavy (non-hydrogen) atoms. The van der Waals surface area contributed by atoms with Gasteiger partial charge in [-0.1, -0.05) is 36.8 Å². The van der Waals surface area contributed by atoms with Crippen molar-refractivity contribution in [3.8, 4) is 0 Å². The highest BCUT2D eigenvalue weighted by Crippen LogP contribution is 2.16. The molecule has 1 rings (SSSR count). The van der Waals surface area contributed by atoms with Crippen LogP contribution in [0.15, 0.2) is 29.3 Å². The smallest absolute Gasteiger partial charge is 0.191 e. The maximum atomic E-state index is 4.70. The molecular weight excluding hydrogens is 373 g/mol. The lowest BCUT2D eigenvalue weighted by Gasteiger charge is -2.24. The van der Waals surface area contributed by atoms with Crippen LogP contribution in [0.2, 0.25) is 0 Å². The number of halogens is 1. The number of nitrogens with zero attached hydrogens (tertiary/aromatic N) is 1. The minimum Gasteiger partial charge on any atom is -0.357 e. The maximum absolute atomic E-state index is 4.70. The minimum absolute atomic E-state index is 0. The van der Waals surface area contributed by atoms with Crippen LogP contribution in [0.3, 0.4) is 0 Å². The molecule has 0 aromatic heterocycles. The summed E-state index contributed by atoms with van der Waals surface area (Å²) in [5, 5.41) is 6.71. The molecular formula is C17H30IN3. The van der Waals surface area contributed by atoms with Gasteiger partial charge in [0, 0.05) is 24.5 Å². The molecule has 2 N–H and O–H groups in total. The third-order valence-corrected chi connectivity index (χ3v) is 2.97. The number of rotatable bonds is 4. The Bertz CT molecular complexity index is 450. The number of guanidine groups is 1. The summed E-state index contributed by atoms with van der Waals surface area (Å²) in [5.74, 6) is 1.31. The van der Waals surface area contributed by atoms with E-state index in [1.165, 1.54) is 11.1 Å². The van der Waals surface area contributed by atoms with Gasteiger partial charge in [-0.05, 0) is 40.2 Å². The molecule has 0 radical (unpaired) electrons. The van der Waals surface area contributed by atoms with E-state index in [0.29, 0.717) is 5.92 Å². The van der Waals surface area contributed by atoms with Crippen molar-refractivity contribution in [1.29, 1.82) is 0 Å². The number of benzene rings is 1. The van der Waals surface area contributed by atoms with Gasteiger partial charge in [-0.15, -0.1) is 24.0 Å². The van der Waals surface area contributed by atoms with Crippen LogP contribution < -0.4 is 10.6 Å². The van der Waals surface area contributed by atoms with Gasteiger partial charge in [-0.2, -0.15) is 0 Å². The van der Waals surface area contributed by atoms with Gasteiger partial charge in [-0.3, -0.25) is 4.99 Å². The maximum Gasteiger partial charge on any atom is 0.191 e. The van der Waals surface area contributed by atoms with Gasteiger partial charge >= 0.3 is 0 Å². The summed E-state index contributed by atoms with van der Waals surface area (Å²) in [6, 6.07) is 8.66. The van der Waals surface area contributed by atoms with Crippen LogP contribution in [-0.2, 0) is 0 Å². The Hall–Kier alpha value is -0.780. The third kappa shape index (κ3) is 8.29. The summed E-state index contributed by atoms with van der Waals surface area (Å²) >= 11 is 0. The molecule has 0 fully saturated rings. The van der Waals surface area contributed by atoms with E-state index >= 15 is 0 Å². The van der Waals surface area contributed by atoms with Crippen LogP contribution in [-0.4, -0.2) is 24.6 Å². The molecule has 1 aromatic rings. The van der Waals surface area contributed by atoms with Crippen molar-refractivity contribution < 1.29 is 0 Å². The Labute approximate surface area is 147 Å². The molecule has 4 heteroatoms. The number of aliphatic imine (C=N–C) groups is 1. The highest BCUT2D eigenvalue weighted by Gasteiger charge is 2.12. The molecule has 120 valence electrons. The predicted molar refractivity (Wildman–Crippen MR) is 104 cm³/mol. The fourth-order valence-corrected chi connectivity index (χ4v) is 1.97. The van der Waals surface area contributed by atoms with Gasteiger partial charge < -0.3 is 10.6 Å². The largest absolute Gasteiger partial charge is 0.357 e. The molecule has 1 unspecified atom stereocenters. The van der Waals surface area contributed by atoms with Crippen molar-refractivity contribution in [2.75, 3.05) is 13.1 Å². The lowest BCUT2D eigenvalue weighted by molar-refractivity contribution is 0.501. The molecule has 1 atom stereocenters. The summed E-state index contributed by atoms with van der Waals surface area (Å²) in [5.41, 5.74) is 2.67. The van der Waals surface area contributed by atoms with Crippen molar-refractivity contribution in [1.82, 2.24) is 10.6 Å². The predicted octanol–water partition coefficient (Wildman–Crippen LogP) is 4.07. The second-order valence-corrected chi connectivity index (χ2v) is 6.41. The fourth-order valence-electron chi connectivity index (χ4n) is 1.97. The quantitative estimate of drug-likeness (QED) is 0.452. The standard InChI is InChI=1S/C17H29N3.HI/c1-7-18-16(20-17(4,5)6)19-12-14(3)15-10-8-9-13(2)11-15;/h8-11,14H,7,12H2,1-6H3,(H2,18,19,20);1H. The normalized spacial score (nSPS) is 13.3. The lowest BCUT2D eigenvalue weighted by Crippen LogP contribution is -2.47. The Morgan fingerprint density at radius 3 is 2.48 bits per heavy atom. The van der Waals surface area contributed by atoms with E-state index in [1.54, 1.807) is 0 Å². The van der Waals surface area contributed by atoms with E-state index in [0.717, 1.165) is 19.0 Å².